The number of para-hydroxylation sites is 2. The third-order valence-electron chi connectivity index (χ3n) is 6.43. The Morgan fingerprint density at radius 3 is 2.34 bits per heavy atom. The van der Waals surface area contributed by atoms with Crippen molar-refractivity contribution < 1.29 is 32.1 Å². The first-order chi connectivity index (χ1) is 21.3. The molecule has 0 spiro atoms. The minimum atomic E-state index is -4.21. The molecule has 0 radical (unpaired) electrons. The van der Waals surface area contributed by atoms with Crippen molar-refractivity contribution in [3.8, 4) is 29.1 Å². The molecule has 14 nitrogen and oxygen atoms in total. The van der Waals surface area contributed by atoms with Gasteiger partial charge in [-0.15, -0.1) is 0 Å². The van der Waals surface area contributed by atoms with Crippen LogP contribution in [-0.2, 0) is 14.8 Å². The highest BCUT2D eigenvalue weighted by Gasteiger charge is 2.27. The van der Waals surface area contributed by atoms with Gasteiger partial charge in [0.15, 0.2) is 22.3 Å². The molecule has 1 fully saturated rings. The highest BCUT2D eigenvalue weighted by Crippen LogP contribution is 2.41. The average Bonchev–Trinajstić information content (AvgIpc) is 3.05. The van der Waals surface area contributed by atoms with Gasteiger partial charge in [0.2, 0.25) is 11.7 Å². The number of pyridine rings is 1. The third-order valence-corrected chi connectivity index (χ3v) is 7.68. The number of nitrogens with one attached hydrogen (secondary N) is 1. The van der Waals surface area contributed by atoms with Crippen LogP contribution in [0.5, 0.6) is 29.1 Å². The van der Waals surface area contributed by atoms with Gasteiger partial charge in [0, 0.05) is 31.7 Å². The van der Waals surface area contributed by atoms with Crippen molar-refractivity contribution in [1.82, 2.24) is 24.9 Å². The van der Waals surface area contributed by atoms with Crippen molar-refractivity contribution >= 4 is 21.8 Å². The monoisotopic (exact) mass is 623 g/mol. The minimum absolute atomic E-state index is 0.00448. The summed E-state index contributed by atoms with van der Waals surface area (Å²) in [6.45, 7) is 5.97. The third kappa shape index (κ3) is 7.60. The Morgan fingerprint density at radius 1 is 0.932 bits per heavy atom. The van der Waals surface area contributed by atoms with Gasteiger partial charge in [-0.25, -0.2) is 15.0 Å². The largest absolute Gasteiger partial charge is 0.493 e. The van der Waals surface area contributed by atoms with Gasteiger partial charge in [0.1, 0.15) is 13.2 Å². The molecule has 0 atom stereocenters. The second kappa shape index (κ2) is 14.1. The number of anilines is 2. The molecule has 0 unspecified atom stereocenters. The fourth-order valence-electron chi connectivity index (χ4n) is 4.10. The minimum Gasteiger partial charge on any atom is -0.493 e. The smallest absolute Gasteiger partial charge is 0.316 e. The fourth-order valence-corrected chi connectivity index (χ4v) is 5.03. The van der Waals surface area contributed by atoms with Gasteiger partial charge >= 0.3 is 6.01 Å². The maximum atomic E-state index is 13.6. The van der Waals surface area contributed by atoms with Crippen LogP contribution < -0.4 is 28.6 Å². The summed E-state index contributed by atoms with van der Waals surface area (Å²) in [6.07, 6.45) is 4.66. The molecule has 0 amide bonds. The lowest BCUT2D eigenvalue weighted by Gasteiger charge is -2.28. The van der Waals surface area contributed by atoms with E-state index in [9.17, 15) is 8.42 Å². The molecular weight excluding hydrogens is 590 g/mol. The summed E-state index contributed by atoms with van der Waals surface area (Å²) >= 11 is 0. The molecule has 1 aliphatic heterocycles. The molecule has 4 aromatic rings. The van der Waals surface area contributed by atoms with E-state index >= 15 is 0 Å². The molecule has 5 rings (SSSR count). The van der Waals surface area contributed by atoms with Crippen LogP contribution in [0.1, 0.15) is 25.3 Å². The van der Waals surface area contributed by atoms with E-state index in [1.165, 1.54) is 19.4 Å². The van der Waals surface area contributed by atoms with Crippen molar-refractivity contribution in [2.45, 2.75) is 24.8 Å². The van der Waals surface area contributed by atoms with Crippen molar-refractivity contribution in [1.29, 1.82) is 0 Å². The summed E-state index contributed by atoms with van der Waals surface area (Å²) in [5.74, 6) is 0.850. The lowest BCUT2D eigenvalue weighted by atomic mass is 10.1. The predicted octanol–water partition coefficient (Wildman–Crippen LogP) is 3.68. The van der Waals surface area contributed by atoms with Crippen LogP contribution in [0.25, 0.3) is 0 Å². The molecule has 44 heavy (non-hydrogen) atoms. The van der Waals surface area contributed by atoms with Crippen molar-refractivity contribution in [2.24, 2.45) is 0 Å². The molecule has 3 aromatic heterocycles. The zero-order valence-electron chi connectivity index (χ0n) is 24.5. The number of sulfonamides is 1. The molecule has 4 heterocycles. The summed E-state index contributed by atoms with van der Waals surface area (Å²) in [6, 6.07) is 11.9. The molecule has 1 N–H and O–H groups in total. The maximum absolute atomic E-state index is 13.6. The molecule has 0 bridgehead atoms. The lowest BCUT2D eigenvalue weighted by molar-refractivity contribution is 0.122. The molecular formula is C29H33N7O7S. The summed E-state index contributed by atoms with van der Waals surface area (Å²) < 4.78 is 58.5. The lowest BCUT2D eigenvalue weighted by Crippen LogP contribution is -2.37. The van der Waals surface area contributed by atoms with Gasteiger partial charge in [-0.1, -0.05) is 32.0 Å². The van der Waals surface area contributed by atoms with Crippen molar-refractivity contribution in [3.63, 3.8) is 0 Å². The Morgan fingerprint density at radius 2 is 1.66 bits per heavy atom. The Bertz CT molecular complexity index is 1640. The maximum Gasteiger partial charge on any atom is 0.316 e. The molecule has 1 aromatic carbocycles. The number of hydrogen-bond acceptors (Lipinski definition) is 13. The van der Waals surface area contributed by atoms with E-state index in [0.717, 1.165) is 5.56 Å². The van der Waals surface area contributed by atoms with Gasteiger partial charge in [-0.2, -0.15) is 18.4 Å². The van der Waals surface area contributed by atoms with E-state index in [1.54, 1.807) is 48.8 Å². The first-order valence-electron chi connectivity index (χ1n) is 13.9. The summed E-state index contributed by atoms with van der Waals surface area (Å²) in [7, 11) is -2.72. The molecule has 1 saturated heterocycles. The average molecular weight is 624 g/mol. The number of ether oxygens (including phenoxy) is 5. The number of benzene rings is 1. The SMILES string of the molecule is COc1ccccc1Oc1c(NS(=O)(=O)c2ccc(C(C)C)cn2)nc(N2CCOCC2)nc1OCCOc1ncccn1. The molecule has 232 valence electrons. The van der Waals surface area contributed by atoms with E-state index in [0.29, 0.717) is 32.1 Å². The highest BCUT2D eigenvalue weighted by molar-refractivity contribution is 7.92. The first-order valence-corrected chi connectivity index (χ1v) is 15.4. The van der Waals surface area contributed by atoms with Crippen LogP contribution in [0.3, 0.4) is 0 Å². The molecule has 0 aliphatic carbocycles. The van der Waals surface area contributed by atoms with Gasteiger partial charge in [0.05, 0.1) is 20.3 Å². The summed E-state index contributed by atoms with van der Waals surface area (Å²) in [5, 5.41) is -0.185. The Balaban J connectivity index is 1.53. The second-order valence-corrected chi connectivity index (χ2v) is 11.4. The Labute approximate surface area is 255 Å². The first kappa shape index (κ1) is 30.7. The number of morpholine rings is 1. The van der Waals surface area contributed by atoms with E-state index in [2.05, 4.69) is 29.6 Å². The fraction of sp³-hybridized carbons (Fsp3) is 0.345. The Hall–Kier alpha value is -4.76. The normalized spacial score (nSPS) is 13.4. The van der Waals surface area contributed by atoms with E-state index in [4.69, 9.17) is 23.7 Å². The number of hydrogen-bond donors (Lipinski definition) is 1. The van der Waals surface area contributed by atoms with E-state index < -0.39 is 10.0 Å². The summed E-state index contributed by atoms with van der Waals surface area (Å²) in [5.41, 5.74) is 0.902. The van der Waals surface area contributed by atoms with Gasteiger partial charge in [-0.05, 0) is 35.7 Å². The molecule has 15 heteroatoms. The van der Waals surface area contributed by atoms with Crippen LogP contribution in [0.2, 0.25) is 0 Å². The number of aromatic nitrogens is 5. The highest BCUT2D eigenvalue weighted by atomic mass is 32.2. The predicted molar refractivity (Wildman–Crippen MR) is 160 cm³/mol. The Kier molecular flexibility index (Phi) is 9.86. The summed E-state index contributed by atoms with van der Waals surface area (Å²) in [4.78, 5) is 23.3. The van der Waals surface area contributed by atoms with Crippen molar-refractivity contribution in [2.75, 3.05) is 56.2 Å². The van der Waals surface area contributed by atoms with Crippen LogP contribution in [0.4, 0.5) is 11.8 Å². The molecule has 0 saturated carbocycles. The van der Waals surface area contributed by atoms with E-state index in [-0.39, 0.29) is 59.3 Å². The quantitative estimate of drug-likeness (QED) is 0.215. The van der Waals surface area contributed by atoms with Gasteiger partial charge in [0.25, 0.3) is 15.9 Å². The van der Waals surface area contributed by atoms with E-state index in [1.807, 2.05) is 18.7 Å². The van der Waals surface area contributed by atoms with Gasteiger partial charge < -0.3 is 28.6 Å². The second-order valence-electron chi connectivity index (χ2n) is 9.78. The topological polar surface area (TPSA) is 160 Å². The standard InChI is InChI=1S/C29H33N7O7S/c1-20(2)21-9-10-24(32-19-21)44(37,38)35-26-25(43-23-8-5-4-7-22(23)39-3)27(34-28(33-26)36-13-15-40-16-14-36)41-17-18-42-29-30-11-6-12-31-29/h4-12,19-20H,13-18H2,1-3H3,(H,33,34,35). The number of nitrogens with zero attached hydrogens (tertiary/aromatic N) is 6. The van der Waals surface area contributed by atoms with Crippen LogP contribution >= 0.6 is 0 Å². The molecule has 1 aliphatic rings. The number of methoxy groups -OCH3 is 1. The van der Waals surface area contributed by atoms with Crippen LogP contribution in [-0.4, -0.2) is 80.0 Å². The number of rotatable bonds is 13. The zero-order chi connectivity index (χ0) is 30.9. The van der Waals surface area contributed by atoms with Gasteiger partial charge in [-0.3, -0.25) is 4.72 Å². The van der Waals surface area contributed by atoms with Crippen LogP contribution in [0, 0.1) is 0 Å². The zero-order valence-corrected chi connectivity index (χ0v) is 25.4. The van der Waals surface area contributed by atoms with Crippen LogP contribution in [0.15, 0.2) is 66.1 Å². The van der Waals surface area contributed by atoms with Crippen molar-refractivity contribution in [3.05, 3.63) is 66.6 Å².